The van der Waals surface area contributed by atoms with Crippen molar-refractivity contribution in [2.45, 2.75) is 39.7 Å². The van der Waals surface area contributed by atoms with Crippen molar-refractivity contribution < 1.29 is 9.50 Å². The van der Waals surface area contributed by atoms with Gasteiger partial charge in [0.1, 0.15) is 5.82 Å². The SMILES string of the molecule is Cc1cc(F)ccc1C(O)CCc1c(C)nn(C)c1C. The summed E-state index contributed by atoms with van der Waals surface area (Å²) in [5, 5.41) is 14.7. The van der Waals surface area contributed by atoms with Crippen molar-refractivity contribution in [2.75, 3.05) is 0 Å². The highest BCUT2D eigenvalue weighted by atomic mass is 19.1. The van der Waals surface area contributed by atoms with Crippen LogP contribution in [-0.2, 0) is 13.5 Å². The minimum absolute atomic E-state index is 0.266. The van der Waals surface area contributed by atoms with Gasteiger partial charge in [-0.1, -0.05) is 6.07 Å². The number of hydrogen-bond acceptors (Lipinski definition) is 2. The van der Waals surface area contributed by atoms with Gasteiger partial charge in [0.05, 0.1) is 11.8 Å². The minimum Gasteiger partial charge on any atom is -0.388 e. The van der Waals surface area contributed by atoms with Crippen LogP contribution in [0.15, 0.2) is 18.2 Å². The Hall–Kier alpha value is -1.68. The van der Waals surface area contributed by atoms with Gasteiger partial charge in [0, 0.05) is 12.7 Å². The molecule has 0 aliphatic carbocycles. The van der Waals surface area contributed by atoms with Gasteiger partial charge in [-0.15, -0.1) is 0 Å². The molecule has 0 spiro atoms. The van der Waals surface area contributed by atoms with Crippen molar-refractivity contribution >= 4 is 0 Å². The lowest BCUT2D eigenvalue weighted by Gasteiger charge is -2.14. The Kier molecular flexibility index (Phi) is 4.23. The number of nitrogens with zero attached hydrogens (tertiary/aromatic N) is 2. The predicted molar refractivity (Wildman–Crippen MR) is 77.1 cm³/mol. The number of rotatable bonds is 4. The first-order chi connectivity index (χ1) is 9.40. The summed E-state index contributed by atoms with van der Waals surface area (Å²) in [4.78, 5) is 0. The number of benzene rings is 1. The fourth-order valence-corrected chi connectivity index (χ4v) is 2.63. The van der Waals surface area contributed by atoms with Gasteiger partial charge in [0.2, 0.25) is 0 Å². The molecule has 0 bridgehead atoms. The molecular formula is C16H21FN2O. The third-order valence-corrected chi connectivity index (χ3v) is 3.92. The van der Waals surface area contributed by atoms with Crippen molar-refractivity contribution in [1.82, 2.24) is 9.78 Å². The van der Waals surface area contributed by atoms with Crippen molar-refractivity contribution in [2.24, 2.45) is 7.05 Å². The van der Waals surface area contributed by atoms with Crippen LogP contribution in [0.3, 0.4) is 0 Å². The summed E-state index contributed by atoms with van der Waals surface area (Å²) in [6.07, 6.45) is 0.804. The van der Waals surface area contributed by atoms with E-state index in [-0.39, 0.29) is 5.82 Å². The van der Waals surface area contributed by atoms with Crippen LogP contribution in [0.2, 0.25) is 0 Å². The summed E-state index contributed by atoms with van der Waals surface area (Å²) in [5.41, 5.74) is 4.91. The summed E-state index contributed by atoms with van der Waals surface area (Å²) in [5.74, 6) is -0.266. The number of halogens is 1. The monoisotopic (exact) mass is 276 g/mol. The van der Waals surface area contributed by atoms with E-state index in [4.69, 9.17) is 0 Å². The van der Waals surface area contributed by atoms with Gasteiger partial charge in [-0.3, -0.25) is 4.68 Å². The average molecular weight is 276 g/mol. The van der Waals surface area contributed by atoms with E-state index in [0.29, 0.717) is 6.42 Å². The largest absolute Gasteiger partial charge is 0.388 e. The van der Waals surface area contributed by atoms with E-state index in [0.717, 1.165) is 28.9 Å². The molecule has 1 N–H and O–H groups in total. The van der Waals surface area contributed by atoms with E-state index in [1.807, 2.05) is 32.5 Å². The van der Waals surface area contributed by atoms with E-state index < -0.39 is 6.10 Å². The molecule has 0 radical (unpaired) electrons. The molecule has 1 atom stereocenters. The molecule has 0 amide bonds. The van der Waals surface area contributed by atoms with Crippen LogP contribution in [0.25, 0.3) is 0 Å². The Labute approximate surface area is 119 Å². The highest BCUT2D eigenvalue weighted by molar-refractivity contribution is 5.29. The van der Waals surface area contributed by atoms with Crippen LogP contribution in [-0.4, -0.2) is 14.9 Å². The Morgan fingerprint density at radius 2 is 2.00 bits per heavy atom. The second-order valence-corrected chi connectivity index (χ2v) is 5.33. The Balaban J connectivity index is 2.10. The normalized spacial score (nSPS) is 12.7. The maximum absolute atomic E-state index is 13.1. The van der Waals surface area contributed by atoms with Crippen LogP contribution in [0, 0.1) is 26.6 Å². The zero-order valence-electron chi connectivity index (χ0n) is 12.4. The van der Waals surface area contributed by atoms with Crippen molar-refractivity contribution in [3.05, 3.63) is 52.1 Å². The number of aromatic nitrogens is 2. The van der Waals surface area contributed by atoms with Crippen molar-refractivity contribution in [3.63, 3.8) is 0 Å². The molecule has 0 saturated carbocycles. The van der Waals surface area contributed by atoms with Gasteiger partial charge in [-0.25, -0.2) is 4.39 Å². The number of aliphatic hydroxyl groups excluding tert-OH is 1. The van der Waals surface area contributed by atoms with Crippen LogP contribution in [0.4, 0.5) is 4.39 Å². The van der Waals surface area contributed by atoms with Crippen LogP contribution in [0.1, 0.15) is 40.6 Å². The standard InChI is InChI=1S/C16H21FN2O/c1-10-9-13(17)5-6-14(10)16(20)8-7-15-11(2)18-19(4)12(15)3/h5-6,9,16,20H,7-8H2,1-4H3. The third kappa shape index (κ3) is 2.90. The van der Waals surface area contributed by atoms with E-state index >= 15 is 0 Å². The minimum atomic E-state index is -0.574. The summed E-state index contributed by atoms with van der Waals surface area (Å²) >= 11 is 0. The van der Waals surface area contributed by atoms with E-state index in [1.165, 1.54) is 17.7 Å². The van der Waals surface area contributed by atoms with E-state index in [1.54, 1.807) is 6.07 Å². The first-order valence-electron chi connectivity index (χ1n) is 6.83. The van der Waals surface area contributed by atoms with Crippen molar-refractivity contribution in [1.29, 1.82) is 0 Å². The second kappa shape index (κ2) is 5.75. The third-order valence-electron chi connectivity index (χ3n) is 3.92. The van der Waals surface area contributed by atoms with E-state index in [2.05, 4.69) is 5.10 Å². The molecule has 3 nitrogen and oxygen atoms in total. The Morgan fingerprint density at radius 1 is 1.30 bits per heavy atom. The average Bonchev–Trinajstić information content (AvgIpc) is 2.61. The lowest BCUT2D eigenvalue weighted by molar-refractivity contribution is 0.167. The van der Waals surface area contributed by atoms with Gasteiger partial charge in [0.25, 0.3) is 0 Å². The molecular weight excluding hydrogens is 255 g/mol. The summed E-state index contributed by atoms with van der Waals surface area (Å²) in [6, 6.07) is 4.52. The molecule has 1 aromatic heterocycles. The maximum Gasteiger partial charge on any atom is 0.123 e. The quantitative estimate of drug-likeness (QED) is 0.931. The van der Waals surface area contributed by atoms with Crippen LogP contribution < -0.4 is 0 Å². The molecule has 0 fully saturated rings. The maximum atomic E-state index is 13.1. The molecule has 1 unspecified atom stereocenters. The molecule has 4 heteroatoms. The molecule has 1 heterocycles. The summed E-state index contributed by atoms with van der Waals surface area (Å²) < 4.78 is 14.9. The fourth-order valence-electron chi connectivity index (χ4n) is 2.63. The Morgan fingerprint density at radius 3 is 2.55 bits per heavy atom. The molecule has 2 rings (SSSR count). The van der Waals surface area contributed by atoms with Crippen molar-refractivity contribution in [3.8, 4) is 0 Å². The first kappa shape index (κ1) is 14.7. The summed E-state index contributed by atoms with van der Waals surface area (Å²) in [7, 11) is 1.92. The van der Waals surface area contributed by atoms with Gasteiger partial charge in [0.15, 0.2) is 0 Å². The molecule has 0 aliphatic rings. The fraction of sp³-hybridized carbons (Fsp3) is 0.438. The number of aryl methyl sites for hydroxylation is 3. The highest BCUT2D eigenvalue weighted by Gasteiger charge is 2.14. The smallest absolute Gasteiger partial charge is 0.123 e. The van der Waals surface area contributed by atoms with Gasteiger partial charge < -0.3 is 5.11 Å². The highest BCUT2D eigenvalue weighted by Crippen LogP contribution is 2.24. The molecule has 2 aromatic rings. The molecule has 0 saturated heterocycles. The van der Waals surface area contributed by atoms with Gasteiger partial charge in [-0.05, 0) is 62.4 Å². The molecule has 1 aromatic carbocycles. The van der Waals surface area contributed by atoms with Gasteiger partial charge >= 0.3 is 0 Å². The predicted octanol–water partition coefficient (Wildman–Crippen LogP) is 3.15. The topological polar surface area (TPSA) is 38.1 Å². The Bertz CT molecular complexity index is 619. The second-order valence-electron chi connectivity index (χ2n) is 5.33. The number of aliphatic hydroxyl groups is 1. The van der Waals surface area contributed by atoms with Gasteiger partial charge in [-0.2, -0.15) is 5.10 Å². The molecule has 0 aliphatic heterocycles. The zero-order chi connectivity index (χ0) is 14.9. The lowest BCUT2D eigenvalue weighted by Crippen LogP contribution is -2.03. The molecule has 20 heavy (non-hydrogen) atoms. The zero-order valence-corrected chi connectivity index (χ0v) is 12.4. The molecule has 108 valence electrons. The lowest BCUT2D eigenvalue weighted by atomic mass is 9.97. The van der Waals surface area contributed by atoms with Crippen LogP contribution in [0.5, 0.6) is 0 Å². The van der Waals surface area contributed by atoms with E-state index in [9.17, 15) is 9.50 Å². The van der Waals surface area contributed by atoms with Crippen LogP contribution >= 0.6 is 0 Å². The number of hydrogen-bond donors (Lipinski definition) is 1. The first-order valence-corrected chi connectivity index (χ1v) is 6.83. The summed E-state index contributed by atoms with van der Waals surface area (Å²) in [6.45, 7) is 5.84.